The van der Waals surface area contributed by atoms with Gasteiger partial charge in [-0.15, -0.1) is 0 Å². The molecule has 1 aromatic carbocycles. The third-order valence-electron chi connectivity index (χ3n) is 3.18. The number of nitrogens with zero attached hydrogens (tertiary/aromatic N) is 2. The van der Waals surface area contributed by atoms with Gasteiger partial charge < -0.3 is 5.32 Å². The van der Waals surface area contributed by atoms with Gasteiger partial charge in [0.25, 0.3) is 0 Å². The lowest BCUT2D eigenvalue weighted by atomic mass is 10.2. The number of aromatic nitrogens is 2. The Hall–Kier alpha value is -0.650. The summed E-state index contributed by atoms with van der Waals surface area (Å²) in [6.07, 6.45) is 0. The lowest BCUT2D eigenvalue weighted by Crippen LogP contribution is -2.22. The molecule has 0 bridgehead atoms. The van der Waals surface area contributed by atoms with Gasteiger partial charge in [-0.05, 0) is 47.5 Å². The second kappa shape index (κ2) is 6.41. The minimum atomic E-state index is 0.480. The average Bonchev–Trinajstić information content (AvgIpc) is 2.65. The Bertz CT molecular complexity index is 618. The minimum Gasteiger partial charge on any atom is -0.310 e. The van der Waals surface area contributed by atoms with Gasteiger partial charge >= 0.3 is 0 Å². The zero-order valence-corrected chi connectivity index (χ0v) is 15.3. The van der Waals surface area contributed by atoms with E-state index in [9.17, 15) is 0 Å². The van der Waals surface area contributed by atoms with Gasteiger partial charge in [0, 0.05) is 17.1 Å². The van der Waals surface area contributed by atoms with Crippen LogP contribution in [-0.4, -0.2) is 15.8 Å². The Kier molecular flexibility index (Phi) is 5.04. The molecule has 108 valence electrons. The lowest BCUT2D eigenvalue weighted by molar-refractivity contribution is 0.588. The van der Waals surface area contributed by atoms with Crippen LogP contribution in [0.25, 0.3) is 5.69 Å². The smallest absolute Gasteiger partial charge is 0.0743 e. The molecule has 0 radical (unpaired) electrons. The van der Waals surface area contributed by atoms with Gasteiger partial charge in [0.1, 0.15) is 0 Å². The normalized spacial score (nSPS) is 11.3. The Morgan fingerprint density at radius 1 is 1.25 bits per heavy atom. The van der Waals surface area contributed by atoms with Crippen LogP contribution in [0.2, 0.25) is 0 Å². The predicted molar refractivity (Wildman–Crippen MR) is 90.4 cm³/mol. The molecule has 0 aliphatic heterocycles. The summed E-state index contributed by atoms with van der Waals surface area (Å²) >= 11 is 7.22. The highest BCUT2D eigenvalue weighted by Gasteiger charge is 2.11. The summed E-state index contributed by atoms with van der Waals surface area (Å²) in [6.45, 7) is 9.22. The number of hydrogen-bond donors (Lipinski definition) is 1. The number of nitrogens with one attached hydrogen (secondary N) is 1. The first-order chi connectivity index (χ1) is 9.40. The summed E-state index contributed by atoms with van der Waals surface area (Å²) in [7, 11) is 0. The van der Waals surface area contributed by atoms with Gasteiger partial charge in [-0.3, -0.25) is 0 Å². The van der Waals surface area contributed by atoms with E-state index in [-0.39, 0.29) is 0 Å². The predicted octanol–water partition coefficient (Wildman–Crippen LogP) is 4.51. The molecule has 1 heterocycles. The quantitative estimate of drug-likeness (QED) is 0.817. The van der Waals surface area contributed by atoms with E-state index in [0.29, 0.717) is 6.04 Å². The molecule has 20 heavy (non-hydrogen) atoms. The Morgan fingerprint density at radius 2 is 1.95 bits per heavy atom. The summed E-state index contributed by atoms with van der Waals surface area (Å²) in [6, 6.07) is 6.84. The van der Waals surface area contributed by atoms with Gasteiger partial charge in [-0.1, -0.05) is 35.8 Å². The first-order valence-corrected chi connectivity index (χ1v) is 8.22. The molecule has 0 unspecified atom stereocenters. The zero-order valence-electron chi connectivity index (χ0n) is 12.2. The van der Waals surface area contributed by atoms with E-state index < -0.39 is 0 Å². The summed E-state index contributed by atoms with van der Waals surface area (Å²) < 4.78 is 4.13. The van der Waals surface area contributed by atoms with Crippen molar-refractivity contribution in [1.82, 2.24) is 15.1 Å². The van der Waals surface area contributed by atoms with Crippen molar-refractivity contribution < 1.29 is 0 Å². The van der Waals surface area contributed by atoms with Crippen LogP contribution in [0.5, 0.6) is 0 Å². The Morgan fingerprint density at radius 3 is 2.45 bits per heavy atom. The highest BCUT2D eigenvalue weighted by molar-refractivity contribution is 9.10. The molecule has 0 atom stereocenters. The molecule has 1 N–H and O–H groups in total. The molecule has 2 aromatic rings. The fourth-order valence-electron chi connectivity index (χ4n) is 2.00. The summed E-state index contributed by atoms with van der Waals surface area (Å²) in [5, 5.41) is 7.98. The van der Waals surface area contributed by atoms with E-state index in [2.05, 4.69) is 81.2 Å². The van der Waals surface area contributed by atoms with Crippen molar-refractivity contribution in [2.24, 2.45) is 0 Å². The SMILES string of the molecule is Cc1nn(-c2ccc(CNC(C)C)c(Br)c2)c(C)c1Br. The van der Waals surface area contributed by atoms with E-state index >= 15 is 0 Å². The maximum atomic E-state index is 4.56. The van der Waals surface area contributed by atoms with Crippen LogP contribution >= 0.6 is 31.9 Å². The monoisotopic (exact) mass is 399 g/mol. The van der Waals surface area contributed by atoms with Crippen molar-refractivity contribution in [2.75, 3.05) is 0 Å². The van der Waals surface area contributed by atoms with Gasteiger partial charge in [0.05, 0.1) is 21.5 Å². The first-order valence-electron chi connectivity index (χ1n) is 6.64. The molecular formula is C15H19Br2N3. The third-order valence-corrected chi connectivity index (χ3v) is 5.07. The largest absolute Gasteiger partial charge is 0.310 e. The second-order valence-corrected chi connectivity index (χ2v) is 6.86. The number of hydrogen-bond acceptors (Lipinski definition) is 2. The van der Waals surface area contributed by atoms with E-state index in [1.807, 2.05) is 11.6 Å². The lowest BCUT2D eigenvalue weighted by Gasteiger charge is -2.12. The molecule has 0 amide bonds. The average molecular weight is 401 g/mol. The van der Waals surface area contributed by atoms with Gasteiger partial charge in [-0.25, -0.2) is 4.68 Å². The highest BCUT2D eigenvalue weighted by Crippen LogP contribution is 2.26. The van der Waals surface area contributed by atoms with Crippen LogP contribution in [0.3, 0.4) is 0 Å². The highest BCUT2D eigenvalue weighted by atomic mass is 79.9. The standard InChI is InChI=1S/C15H19Br2N3/c1-9(2)18-8-12-5-6-13(7-14(12)16)20-11(4)15(17)10(3)19-20/h5-7,9,18H,8H2,1-4H3. The van der Waals surface area contributed by atoms with Gasteiger partial charge in [-0.2, -0.15) is 5.10 Å². The third kappa shape index (κ3) is 3.32. The van der Waals surface area contributed by atoms with Gasteiger partial charge in [0.2, 0.25) is 0 Å². The Labute approximate surface area is 137 Å². The van der Waals surface area contributed by atoms with Crippen LogP contribution in [0, 0.1) is 13.8 Å². The van der Waals surface area contributed by atoms with Crippen molar-refractivity contribution in [3.8, 4) is 5.69 Å². The molecular weight excluding hydrogens is 382 g/mol. The minimum absolute atomic E-state index is 0.480. The van der Waals surface area contributed by atoms with Crippen LogP contribution in [0.15, 0.2) is 27.1 Å². The molecule has 0 saturated heterocycles. The maximum Gasteiger partial charge on any atom is 0.0743 e. The van der Waals surface area contributed by atoms with Crippen molar-refractivity contribution in [1.29, 1.82) is 0 Å². The number of rotatable bonds is 4. The molecule has 0 aliphatic carbocycles. The van der Waals surface area contributed by atoms with Crippen molar-refractivity contribution in [3.63, 3.8) is 0 Å². The maximum absolute atomic E-state index is 4.56. The fourth-order valence-corrected chi connectivity index (χ4v) is 2.75. The van der Waals surface area contributed by atoms with E-state index in [1.165, 1.54) is 5.56 Å². The van der Waals surface area contributed by atoms with Gasteiger partial charge in [0.15, 0.2) is 0 Å². The number of halogens is 2. The molecule has 2 rings (SSSR count). The second-order valence-electron chi connectivity index (χ2n) is 5.21. The van der Waals surface area contributed by atoms with E-state index in [0.717, 1.165) is 32.6 Å². The van der Waals surface area contributed by atoms with E-state index in [1.54, 1.807) is 0 Å². The number of aryl methyl sites for hydroxylation is 1. The van der Waals surface area contributed by atoms with Crippen LogP contribution < -0.4 is 5.32 Å². The van der Waals surface area contributed by atoms with Crippen LogP contribution in [0.1, 0.15) is 30.8 Å². The topological polar surface area (TPSA) is 29.9 Å². The summed E-state index contributed by atoms with van der Waals surface area (Å²) in [4.78, 5) is 0. The molecule has 0 saturated carbocycles. The molecule has 0 fully saturated rings. The molecule has 0 aliphatic rings. The van der Waals surface area contributed by atoms with Crippen LogP contribution in [-0.2, 0) is 6.54 Å². The van der Waals surface area contributed by atoms with E-state index in [4.69, 9.17) is 0 Å². The summed E-state index contributed by atoms with van der Waals surface area (Å²) in [5.74, 6) is 0. The van der Waals surface area contributed by atoms with Crippen LogP contribution in [0.4, 0.5) is 0 Å². The van der Waals surface area contributed by atoms with Crippen molar-refractivity contribution in [2.45, 2.75) is 40.3 Å². The number of benzene rings is 1. The molecule has 1 aromatic heterocycles. The summed E-state index contributed by atoms with van der Waals surface area (Å²) in [5.41, 5.74) is 4.44. The molecule has 3 nitrogen and oxygen atoms in total. The molecule has 5 heteroatoms. The fraction of sp³-hybridized carbons (Fsp3) is 0.400. The molecule has 0 spiro atoms. The van der Waals surface area contributed by atoms with Crippen molar-refractivity contribution in [3.05, 3.63) is 44.1 Å². The Balaban J connectivity index is 2.31. The zero-order chi connectivity index (χ0) is 14.9. The van der Waals surface area contributed by atoms with Crippen molar-refractivity contribution >= 4 is 31.9 Å². The first kappa shape index (κ1) is 15.7.